The Morgan fingerprint density at radius 1 is 1.00 bits per heavy atom. The molecule has 1 aromatic carbocycles. The lowest BCUT2D eigenvalue weighted by atomic mass is 9.84. The molecule has 0 aliphatic carbocycles. The molecule has 0 aliphatic heterocycles. The van der Waals surface area contributed by atoms with E-state index in [1.54, 1.807) is 0 Å². The first kappa shape index (κ1) is 25.2. The lowest BCUT2D eigenvalue weighted by molar-refractivity contribution is -0.134. The van der Waals surface area contributed by atoms with Crippen LogP contribution in [-0.2, 0) is 4.79 Å². The fourth-order valence-electron chi connectivity index (χ4n) is 3.36. The van der Waals surface area contributed by atoms with Crippen LogP contribution in [0.15, 0.2) is 28.7 Å². The van der Waals surface area contributed by atoms with Gasteiger partial charge in [0.05, 0.1) is 5.69 Å². The monoisotopic (exact) mass is 447 g/mol. The summed E-state index contributed by atoms with van der Waals surface area (Å²) in [4.78, 5) is 15.6. The van der Waals surface area contributed by atoms with Crippen LogP contribution >= 0.6 is 28.3 Å². The molecular formula is C20H35BrClN3O. The maximum atomic E-state index is 13.3. The zero-order valence-electron chi connectivity index (χ0n) is 16.6. The largest absolute Gasteiger partial charge is 0.299 e. The van der Waals surface area contributed by atoms with E-state index in [2.05, 4.69) is 59.4 Å². The summed E-state index contributed by atoms with van der Waals surface area (Å²) in [6.45, 7) is 10.4. The Hall–Kier alpha value is -0.780. The van der Waals surface area contributed by atoms with Crippen molar-refractivity contribution in [2.75, 3.05) is 18.5 Å². The van der Waals surface area contributed by atoms with Crippen LogP contribution < -0.4 is 10.9 Å². The van der Waals surface area contributed by atoms with Gasteiger partial charge in [-0.3, -0.25) is 20.5 Å². The molecule has 0 spiro atoms. The van der Waals surface area contributed by atoms with Crippen molar-refractivity contribution < 1.29 is 4.79 Å². The van der Waals surface area contributed by atoms with E-state index in [-0.39, 0.29) is 18.3 Å². The van der Waals surface area contributed by atoms with Crippen molar-refractivity contribution in [2.45, 2.75) is 71.8 Å². The van der Waals surface area contributed by atoms with E-state index < -0.39 is 5.54 Å². The Morgan fingerprint density at radius 3 is 1.92 bits per heavy atom. The van der Waals surface area contributed by atoms with Gasteiger partial charge in [0.2, 0.25) is 0 Å². The third kappa shape index (κ3) is 7.09. The predicted molar refractivity (Wildman–Crippen MR) is 118 cm³/mol. The fraction of sp³-hybridized carbons (Fsp3) is 0.650. The minimum Gasteiger partial charge on any atom is -0.299 e. The first-order valence-electron chi connectivity index (χ1n) is 9.61. The maximum Gasteiger partial charge on any atom is 0.258 e. The topological polar surface area (TPSA) is 44.4 Å². The summed E-state index contributed by atoms with van der Waals surface area (Å²) in [6, 6.07) is 7.81. The van der Waals surface area contributed by atoms with E-state index in [1.807, 2.05) is 24.3 Å². The molecule has 26 heavy (non-hydrogen) atoms. The number of benzene rings is 1. The second-order valence-electron chi connectivity index (χ2n) is 6.50. The Bertz CT molecular complexity index is 498. The Labute approximate surface area is 174 Å². The number of carbonyl (C=O) groups is 1. The highest BCUT2D eigenvalue weighted by Crippen LogP contribution is 2.29. The maximum absolute atomic E-state index is 13.3. The number of halogens is 2. The van der Waals surface area contributed by atoms with Crippen LogP contribution in [-0.4, -0.2) is 29.4 Å². The third-order valence-corrected chi connectivity index (χ3v) is 5.37. The standard InChI is InChI=1S/C20H34BrN3O.ClH/c1-5-9-15-20(16-10-6-2,24(7-3)8-4)19(25)23-22-18-13-11-17(21)12-14-18;/h11-14,22H,5-10,15-16H2,1-4H3,(H,23,25);1H. The number of rotatable bonds is 12. The van der Waals surface area contributed by atoms with Gasteiger partial charge in [0.1, 0.15) is 5.54 Å². The molecule has 4 nitrogen and oxygen atoms in total. The number of hydrogen-bond acceptors (Lipinski definition) is 3. The SMILES string of the molecule is CCCCC(CCCC)(C(=O)NNc1ccc(Br)cc1)N(CC)CC.Cl. The molecule has 6 heteroatoms. The molecule has 0 unspecified atom stereocenters. The number of likely N-dealkylation sites (N-methyl/N-ethyl adjacent to an activating group) is 1. The second kappa shape index (κ2) is 13.4. The highest BCUT2D eigenvalue weighted by Gasteiger charge is 2.41. The average molecular weight is 449 g/mol. The lowest BCUT2D eigenvalue weighted by Crippen LogP contribution is -2.59. The smallest absolute Gasteiger partial charge is 0.258 e. The summed E-state index contributed by atoms with van der Waals surface area (Å²) in [5.74, 6) is 0.0843. The number of amides is 1. The van der Waals surface area contributed by atoms with Gasteiger partial charge in [-0.15, -0.1) is 12.4 Å². The molecule has 0 fully saturated rings. The van der Waals surface area contributed by atoms with Gasteiger partial charge in [0.15, 0.2) is 0 Å². The molecule has 0 aromatic heterocycles. The summed E-state index contributed by atoms with van der Waals surface area (Å²) in [6.07, 6.45) is 6.13. The molecule has 0 heterocycles. The molecule has 150 valence electrons. The highest BCUT2D eigenvalue weighted by atomic mass is 79.9. The summed E-state index contributed by atoms with van der Waals surface area (Å²) in [5, 5.41) is 0. The quantitative estimate of drug-likeness (QED) is 0.399. The lowest BCUT2D eigenvalue weighted by Gasteiger charge is -2.42. The number of nitrogens with one attached hydrogen (secondary N) is 2. The van der Waals surface area contributed by atoms with Crippen LogP contribution in [0.3, 0.4) is 0 Å². The predicted octanol–water partition coefficient (Wildman–Crippen LogP) is 5.78. The molecule has 0 aliphatic rings. The van der Waals surface area contributed by atoms with E-state index in [4.69, 9.17) is 0 Å². The number of carbonyl (C=O) groups excluding carboxylic acids is 1. The van der Waals surface area contributed by atoms with Crippen molar-refractivity contribution in [1.82, 2.24) is 10.3 Å². The molecule has 1 aromatic rings. The van der Waals surface area contributed by atoms with Crippen molar-refractivity contribution in [3.63, 3.8) is 0 Å². The molecule has 0 saturated heterocycles. The zero-order valence-corrected chi connectivity index (χ0v) is 19.0. The van der Waals surface area contributed by atoms with Gasteiger partial charge in [-0.05, 0) is 50.2 Å². The van der Waals surface area contributed by atoms with Crippen LogP contribution in [0.5, 0.6) is 0 Å². The normalized spacial score (nSPS) is 11.2. The van der Waals surface area contributed by atoms with Gasteiger partial charge in [-0.1, -0.05) is 69.3 Å². The van der Waals surface area contributed by atoms with Crippen LogP contribution in [0.4, 0.5) is 5.69 Å². The van der Waals surface area contributed by atoms with Gasteiger partial charge in [-0.25, -0.2) is 0 Å². The van der Waals surface area contributed by atoms with E-state index in [1.165, 1.54) is 0 Å². The number of hydrogen-bond donors (Lipinski definition) is 2. The minimum absolute atomic E-state index is 0. The van der Waals surface area contributed by atoms with Crippen molar-refractivity contribution in [3.8, 4) is 0 Å². The van der Waals surface area contributed by atoms with E-state index in [0.717, 1.165) is 61.8 Å². The Balaban J connectivity index is 0.00000625. The summed E-state index contributed by atoms with van der Waals surface area (Å²) < 4.78 is 1.02. The van der Waals surface area contributed by atoms with Crippen molar-refractivity contribution in [3.05, 3.63) is 28.7 Å². The average Bonchev–Trinajstić information content (AvgIpc) is 2.63. The molecular weight excluding hydrogens is 414 g/mol. The zero-order chi connectivity index (χ0) is 18.7. The van der Waals surface area contributed by atoms with Crippen LogP contribution in [0.2, 0.25) is 0 Å². The molecule has 0 saturated carbocycles. The van der Waals surface area contributed by atoms with Gasteiger partial charge in [0.25, 0.3) is 5.91 Å². The number of nitrogens with zero attached hydrogens (tertiary/aromatic N) is 1. The highest BCUT2D eigenvalue weighted by molar-refractivity contribution is 9.10. The second-order valence-corrected chi connectivity index (χ2v) is 7.41. The Morgan fingerprint density at radius 2 is 1.50 bits per heavy atom. The van der Waals surface area contributed by atoms with Gasteiger partial charge in [-0.2, -0.15) is 0 Å². The molecule has 2 N–H and O–H groups in total. The van der Waals surface area contributed by atoms with Gasteiger partial charge < -0.3 is 0 Å². The van der Waals surface area contributed by atoms with Gasteiger partial charge >= 0.3 is 0 Å². The van der Waals surface area contributed by atoms with Crippen molar-refractivity contribution >= 4 is 39.9 Å². The van der Waals surface area contributed by atoms with Crippen molar-refractivity contribution in [1.29, 1.82) is 0 Å². The van der Waals surface area contributed by atoms with Crippen LogP contribution in [0.1, 0.15) is 66.2 Å². The van der Waals surface area contributed by atoms with E-state index >= 15 is 0 Å². The van der Waals surface area contributed by atoms with Crippen molar-refractivity contribution in [2.24, 2.45) is 0 Å². The summed E-state index contributed by atoms with van der Waals surface area (Å²) >= 11 is 3.43. The number of unbranched alkanes of at least 4 members (excludes halogenated alkanes) is 2. The third-order valence-electron chi connectivity index (χ3n) is 4.84. The van der Waals surface area contributed by atoms with E-state index in [0.29, 0.717) is 0 Å². The molecule has 1 amide bonds. The molecule has 0 atom stereocenters. The fourth-order valence-corrected chi connectivity index (χ4v) is 3.62. The molecule has 0 bridgehead atoms. The van der Waals surface area contributed by atoms with Crippen LogP contribution in [0, 0.1) is 0 Å². The summed E-state index contributed by atoms with van der Waals surface area (Å²) in [5.41, 5.74) is 6.52. The molecule has 0 radical (unpaired) electrons. The number of hydrazine groups is 1. The van der Waals surface area contributed by atoms with E-state index in [9.17, 15) is 4.79 Å². The minimum atomic E-state index is -0.433. The molecule has 1 rings (SSSR count). The number of anilines is 1. The first-order valence-corrected chi connectivity index (χ1v) is 10.4. The Kier molecular flexibility index (Phi) is 13.0. The van der Waals surface area contributed by atoms with Gasteiger partial charge in [0, 0.05) is 4.47 Å². The summed E-state index contributed by atoms with van der Waals surface area (Å²) in [7, 11) is 0. The van der Waals surface area contributed by atoms with Crippen LogP contribution in [0.25, 0.3) is 0 Å². The first-order chi connectivity index (χ1) is 12.0.